The Balaban J connectivity index is 1.98. The second kappa shape index (κ2) is 10.7. The number of rotatable bonds is 9. The van der Waals surface area contributed by atoms with Gasteiger partial charge in [-0.3, -0.25) is 0 Å². The number of hydrogen-bond acceptors (Lipinski definition) is 2. The van der Waals surface area contributed by atoms with Gasteiger partial charge >= 0.3 is 5.97 Å². The van der Waals surface area contributed by atoms with Crippen molar-refractivity contribution in [3.05, 3.63) is 107 Å². The summed E-state index contributed by atoms with van der Waals surface area (Å²) in [7, 11) is 0. The Morgan fingerprint density at radius 1 is 0.970 bits per heavy atom. The molecule has 0 amide bonds. The summed E-state index contributed by atoms with van der Waals surface area (Å²) in [5.41, 5.74) is 4.82. The van der Waals surface area contributed by atoms with Crippen molar-refractivity contribution >= 4 is 28.3 Å². The molecule has 3 nitrogen and oxygen atoms in total. The lowest BCUT2D eigenvalue weighted by Gasteiger charge is -2.23. The largest absolute Gasteiger partial charge is 0.479 e. The SMILES string of the molecule is CCCCOC(C(=O)O)c1cc2ccccc2c(-c2ccccc2)c1Cc1ccc(Cl)cc1. The molecule has 4 aromatic carbocycles. The van der Waals surface area contributed by atoms with E-state index < -0.39 is 12.1 Å². The maximum atomic E-state index is 12.4. The molecular formula is C29H27ClO3. The highest BCUT2D eigenvalue weighted by Crippen LogP contribution is 2.39. The molecule has 0 aliphatic heterocycles. The van der Waals surface area contributed by atoms with Gasteiger partial charge < -0.3 is 9.84 Å². The van der Waals surface area contributed by atoms with Gasteiger partial charge in [0.25, 0.3) is 0 Å². The molecule has 4 heteroatoms. The second-order valence-corrected chi connectivity index (χ2v) is 8.59. The van der Waals surface area contributed by atoms with E-state index in [0.717, 1.165) is 45.9 Å². The average Bonchev–Trinajstić information content (AvgIpc) is 2.83. The van der Waals surface area contributed by atoms with E-state index in [-0.39, 0.29) is 0 Å². The summed E-state index contributed by atoms with van der Waals surface area (Å²) in [5.74, 6) is -0.974. The van der Waals surface area contributed by atoms with E-state index in [0.29, 0.717) is 23.6 Å². The van der Waals surface area contributed by atoms with Crippen LogP contribution in [0.5, 0.6) is 0 Å². The first-order valence-corrected chi connectivity index (χ1v) is 11.6. The molecular weight excluding hydrogens is 432 g/mol. The molecule has 1 N–H and O–H groups in total. The van der Waals surface area contributed by atoms with Crippen LogP contribution >= 0.6 is 11.6 Å². The summed E-state index contributed by atoms with van der Waals surface area (Å²) in [6.07, 6.45) is 1.29. The molecule has 0 saturated carbocycles. The van der Waals surface area contributed by atoms with Crippen molar-refractivity contribution in [3.63, 3.8) is 0 Å². The van der Waals surface area contributed by atoms with Gasteiger partial charge in [0, 0.05) is 11.6 Å². The minimum atomic E-state index is -1.04. The van der Waals surface area contributed by atoms with E-state index in [1.54, 1.807) is 0 Å². The quantitative estimate of drug-likeness (QED) is 0.261. The predicted octanol–water partition coefficient (Wildman–Crippen LogP) is 7.69. The standard InChI is InChI=1S/C29H27ClO3/c1-2-3-17-33-28(29(31)32)26-19-22-11-7-8-12-24(22)27(21-9-5-4-6-10-21)25(26)18-20-13-15-23(30)16-14-20/h4-16,19,28H,2-3,17-18H2,1H3,(H,31,32). The minimum Gasteiger partial charge on any atom is -0.479 e. The third-order valence-corrected chi connectivity index (χ3v) is 6.09. The number of benzene rings is 4. The number of carbonyl (C=O) groups is 1. The fraction of sp³-hybridized carbons (Fsp3) is 0.207. The van der Waals surface area contributed by atoms with Gasteiger partial charge in [-0.25, -0.2) is 4.79 Å². The molecule has 0 spiro atoms. The number of unbranched alkanes of at least 4 members (excludes halogenated alkanes) is 1. The normalized spacial score (nSPS) is 12.1. The zero-order chi connectivity index (χ0) is 23.2. The van der Waals surface area contributed by atoms with Crippen molar-refractivity contribution in [1.29, 1.82) is 0 Å². The molecule has 0 bridgehead atoms. The first kappa shape index (κ1) is 23.0. The third-order valence-electron chi connectivity index (χ3n) is 5.84. The van der Waals surface area contributed by atoms with Crippen LogP contribution in [0.1, 0.15) is 42.6 Å². The summed E-state index contributed by atoms with van der Waals surface area (Å²) in [4.78, 5) is 12.4. The fourth-order valence-corrected chi connectivity index (χ4v) is 4.34. The van der Waals surface area contributed by atoms with Crippen molar-refractivity contribution in [3.8, 4) is 11.1 Å². The fourth-order valence-electron chi connectivity index (χ4n) is 4.22. The summed E-state index contributed by atoms with van der Waals surface area (Å²) >= 11 is 6.12. The molecule has 1 atom stereocenters. The zero-order valence-electron chi connectivity index (χ0n) is 18.6. The molecule has 0 aliphatic rings. The smallest absolute Gasteiger partial charge is 0.337 e. The van der Waals surface area contributed by atoms with Crippen LogP contribution in [0.3, 0.4) is 0 Å². The maximum absolute atomic E-state index is 12.4. The van der Waals surface area contributed by atoms with Crippen LogP contribution in [0.4, 0.5) is 0 Å². The molecule has 0 aromatic heterocycles. The number of carboxylic acids is 1. The lowest BCUT2D eigenvalue weighted by molar-refractivity contribution is -0.151. The second-order valence-electron chi connectivity index (χ2n) is 8.15. The maximum Gasteiger partial charge on any atom is 0.337 e. The summed E-state index contributed by atoms with van der Waals surface area (Å²) in [6, 6.07) is 28.0. The lowest BCUT2D eigenvalue weighted by atomic mass is 9.85. The molecule has 33 heavy (non-hydrogen) atoms. The van der Waals surface area contributed by atoms with Crippen molar-refractivity contribution in [1.82, 2.24) is 0 Å². The highest BCUT2D eigenvalue weighted by molar-refractivity contribution is 6.30. The van der Waals surface area contributed by atoms with Gasteiger partial charge in [0.2, 0.25) is 0 Å². The summed E-state index contributed by atoms with van der Waals surface area (Å²) in [6.45, 7) is 2.47. The van der Waals surface area contributed by atoms with Gasteiger partial charge in [0.1, 0.15) is 0 Å². The Morgan fingerprint density at radius 2 is 1.67 bits per heavy atom. The van der Waals surface area contributed by atoms with Crippen LogP contribution in [0.15, 0.2) is 84.9 Å². The predicted molar refractivity (Wildman–Crippen MR) is 135 cm³/mol. The van der Waals surface area contributed by atoms with E-state index in [1.807, 2.05) is 66.7 Å². The van der Waals surface area contributed by atoms with E-state index in [9.17, 15) is 9.90 Å². The third kappa shape index (κ3) is 5.27. The number of aliphatic carboxylic acids is 1. The van der Waals surface area contributed by atoms with Crippen molar-refractivity contribution < 1.29 is 14.6 Å². The van der Waals surface area contributed by atoms with Gasteiger partial charge in [-0.1, -0.05) is 91.7 Å². The van der Waals surface area contributed by atoms with E-state index in [1.165, 1.54) is 0 Å². The Morgan fingerprint density at radius 3 is 2.36 bits per heavy atom. The molecule has 0 heterocycles. The molecule has 4 aromatic rings. The van der Waals surface area contributed by atoms with Gasteiger partial charge in [0.05, 0.1) is 0 Å². The van der Waals surface area contributed by atoms with Crippen LogP contribution in [-0.4, -0.2) is 17.7 Å². The first-order valence-electron chi connectivity index (χ1n) is 11.3. The van der Waals surface area contributed by atoms with E-state index in [2.05, 4.69) is 25.1 Å². The first-order chi connectivity index (χ1) is 16.1. The number of hydrogen-bond donors (Lipinski definition) is 1. The van der Waals surface area contributed by atoms with Gasteiger partial charge in [-0.05, 0) is 69.6 Å². The van der Waals surface area contributed by atoms with Crippen LogP contribution in [0.25, 0.3) is 21.9 Å². The van der Waals surface area contributed by atoms with Gasteiger partial charge in [-0.15, -0.1) is 0 Å². The molecule has 1 unspecified atom stereocenters. The van der Waals surface area contributed by atoms with Gasteiger partial charge in [0.15, 0.2) is 6.10 Å². The lowest BCUT2D eigenvalue weighted by Crippen LogP contribution is -2.18. The number of fused-ring (bicyclic) bond motifs is 1. The number of halogens is 1. The molecule has 0 radical (unpaired) electrons. The number of carboxylic acid groups (broad SMARTS) is 1. The summed E-state index contributed by atoms with van der Waals surface area (Å²) in [5, 5.41) is 12.9. The molecule has 4 rings (SSSR count). The van der Waals surface area contributed by atoms with Crippen LogP contribution < -0.4 is 0 Å². The number of ether oxygens (including phenoxy) is 1. The highest BCUT2D eigenvalue weighted by Gasteiger charge is 2.27. The average molecular weight is 459 g/mol. The topological polar surface area (TPSA) is 46.5 Å². The zero-order valence-corrected chi connectivity index (χ0v) is 19.4. The van der Waals surface area contributed by atoms with Crippen molar-refractivity contribution in [2.45, 2.75) is 32.3 Å². The Kier molecular flexibility index (Phi) is 7.43. The van der Waals surface area contributed by atoms with Crippen LogP contribution in [0, 0.1) is 0 Å². The van der Waals surface area contributed by atoms with Crippen LogP contribution in [-0.2, 0) is 16.0 Å². The van der Waals surface area contributed by atoms with Crippen molar-refractivity contribution in [2.24, 2.45) is 0 Å². The molecule has 0 fully saturated rings. The van der Waals surface area contributed by atoms with E-state index in [4.69, 9.17) is 16.3 Å². The Bertz CT molecular complexity index is 1230. The highest BCUT2D eigenvalue weighted by atomic mass is 35.5. The molecule has 168 valence electrons. The Hall–Kier alpha value is -3.14. The molecule has 0 aliphatic carbocycles. The molecule has 0 saturated heterocycles. The minimum absolute atomic E-state index is 0.404. The monoisotopic (exact) mass is 458 g/mol. The van der Waals surface area contributed by atoms with Crippen molar-refractivity contribution in [2.75, 3.05) is 6.61 Å². The summed E-state index contributed by atoms with van der Waals surface area (Å²) < 4.78 is 5.95. The van der Waals surface area contributed by atoms with E-state index >= 15 is 0 Å². The Labute approximate surface area is 199 Å². The van der Waals surface area contributed by atoms with Gasteiger partial charge in [-0.2, -0.15) is 0 Å². The van der Waals surface area contributed by atoms with Crippen LogP contribution in [0.2, 0.25) is 5.02 Å².